The Morgan fingerprint density at radius 1 is 1.00 bits per heavy atom. The van der Waals surface area contributed by atoms with Crippen LogP contribution in [0.1, 0.15) is 30.6 Å². The highest BCUT2D eigenvalue weighted by molar-refractivity contribution is 5.94. The Morgan fingerprint density at radius 2 is 1.79 bits per heavy atom. The summed E-state index contributed by atoms with van der Waals surface area (Å²) in [5, 5.41) is 0. The van der Waals surface area contributed by atoms with Gasteiger partial charge in [0.1, 0.15) is 11.5 Å². The molecule has 0 aromatic heterocycles. The molecule has 1 fully saturated rings. The molecule has 2 aromatic rings. The lowest BCUT2D eigenvalue weighted by Gasteiger charge is -2.24. The average Bonchev–Trinajstić information content (AvgIpc) is 2.98. The minimum Gasteiger partial charge on any atom is -0.497 e. The molecule has 0 saturated carbocycles. The number of hydrogen-bond acceptors (Lipinski definition) is 4. The Morgan fingerprint density at radius 3 is 2.50 bits per heavy atom. The fourth-order valence-electron chi connectivity index (χ4n) is 3.34. The number of carbonyl (C=O) groups excluding carboxylic acids is 1. The zero-order valence-corrected chi connectivity index (χ0v) is 17.1. The quantitative estimate of drug-likeness (QED) is 0.755. The molecule has 0 aliphatic carbocycles. The first kappa shape index (κ1) is 20.1. The molecule has 2 aromatic carbocycles. The maximum absolute atomic E-state index is 13.0. The molecule has 1 aliphatic rings. The molecule has 28 heavy (non-hydrogen) atoms. The van der Waals surface area contributed by atoms with Crippen molar-refractivity contribution in [3.63, 3.8) is 0 Å². The average molecular weight is 383 g/mol. The number of benzene rings is 2. The summed E-state index contributed by atoms with van der Waals surface area (Å²) in [6.07, 6.45) is 0.946. The number of rotatable bonds is 6. The maximum atomic E-state index is 13.0. The van der Waals surface area contributed by atoms with Gasteiger partial charge in [0.25, 0.3) is 5.91 Å². The van der Waals surface area contributed by atoms with Gasteiger partial charge in [-0.2, -0.15) is 0 Å². The van der Waals surface area contributed by atoms with Crippen molar-refractivity contribution in [1.82, 2.24) is 4.90 Å². The van der Waals surface area contributed by atoms with Crippen LogP contribution in [0.3, 0.4) is 0 Å². The van der Waals surface area contributed by atoms with Crippen LogP contribution in [0.5, 0.6) is 11.5 Å². The van der Waals surface area contributed by atoms with E-state index in [1.807, 2.05) is 41.3 Å². The van der Waals surface area contributed by atoms with Gasteiger partial charge in [-0.3, -0.25) is 4.79 Å². The summed E-state index contributed by atoms with van der Waals surface area (Å²) in [4.78, 5) is 17.3. The summed E-state index contributed by atoms with van der Waals surface area (Å²) >= 11 is 0. The van der Waals surface area contributed by atoms with E-state index in [-0.39, 0.29) is 5.91 Å². The molecule has 1 heterocycles. The zero-order valence-electron chi connectivity index (χ0n) is 17.1. The highest BCUT2D eigenvalue weighted by Gasteiger charge is 2.21. The summed E-state index contributed by atoms with van der Waals surface area (Å²) in [6, 6.07) is 15.6. The normalized spacial score (nSPS) is 14.7. The number of hydrogen-bond donors (Lipinski definition) is 0. The van der Waals surface area contributed by atoms with Crippen LogP contribution in [0.25, 0.3) is 0 Å². The van der Waals surface area contributed by atoms with Gasteiger partial charge in [0.15, 0.2) is 0 Å². The molecule has 0 bridgehead atoms. The number of amides is 1. The van der Waals surface area contributed by atoms with Gasteiger partial charge in [0, 0.05) is 37.4 Å². The highest BCUT2D eigenvalue weighted by atomic mass is 16.5. The van der Waals surface area contributed by atoms with Crippen molar-refractivity contribution in [1.29, 1.82) is 0 Å². The molecule has 0 N–H and O–H groups in total. The van der Waals surface area contributed by atoms with E-state index in [1.54, 1.807) is 7.11 Å². The van der Waals surface area contributed by atoms with E-state index in [1.165, 1.54) is 5.69 Å². The van der Waals surface area contributed by atoms with E-state index in [2.05, 4.69) is 30.9 Å². The Labute approximate surface area is 167 Å². The van der Waals surface area contributed by atoms with Crippen molar-refractivity contribution in [2.75, 3.05) is 44.8 Å². The predicted molar refractivity (Wildman–Crippen MR) is 113 cm³/mol. The van der Waals surface area contributed by atoms with E-state index < -0.39 is 0 Å². The molecular weight excluding hydrogens is 352 g/mol. The lowest BCUT2D eigenvalue weighted by molar-refractivity contribution is 0.0766. The Balaban J connectivity index is 1.63. The van der Waals surface area contributed by atoms with E-state index in [9.17, 15) is 4.79 Å². The minimum atomic E-state index is 0.0755. The van der Waals surface area contributed by atoms with Gasteiger partial charge >= 0.3 is 0 Å². The van der Waals surface area contributed by atoms with Crippen LogP contribution >= 0.6 is 0 Å². The van der Waals surface area contributed by atoms with Gasteiger partial charge in [-0.15, -0.1) is 0 Å². The first-order valence-corrected chi connectivity index (χ1v) is 9.98. The van der Waals surface area contributed by atoms with Crippen LogP contribution in [-0.2, 0) is 0 Å². The molecule has 150 valence electrons. The van der Waals surface area contributed by atoms with Crippen molar-refractivity contribution in [2.24, 2.45) is 5.92 Å². The van der Waals surface area contributed by atoms with Crippen LogP contribution in [0.15, 0.2) is 48.5 Å². The molecule has 3 rings (SSSR count). The topological polar surface area (TPSA) is 42.0 Å². The largest absolute Gasteiger partial charge is 0.497 e. The summed E-state index contributed by atoms with van der Waals surface area (Å²) < 4.78 is 11.0. The molecule has 5 nitrogen and oxygen atoms in total. The van der Waals surface area contributed by atoms with Gasteiger partial charge in [0.2, 0.25) is 0 Å². The van der Waals surface area contributed by atoms with E-state index in [4.69, 9.17) is 9.47 Å². The van der Waals surface area contributed by atoms with Crippen LogP contribution in [0.4, 0.5) is 5.69 Å². The third kappa shape index (κ3) is 5.18. The van der Waals surface area contributed by atoms with Gasteiger partial charge < -0.3 is 19.3 Å². The van der Waals surface area contributed by atoms with Gasteiger partial charge in [-0.1, -0.05) is 19.9 Å². The Bertz CT molecular complexity index is 774. The summed E-state index contributed by atoms with van der Waals surface area (Å²) in [7, 11) is 1.67. The number of carbonyl (C=O) groups is 1. The second-order valence-electron chi connectivity index (χ2n) is 7.56. The highest BCUT2D eigenvalue weighted by Crippen LogP contribution is 2.22. The van der Waals surface area contributed by atoms with Crippen LogP contribution < -0.4 is 14.4 Å². The summed E-state index contributed by atoms with van der Waals surface area (Å²) in [5.41, 5.74) is 1.86. The SMILES string of the molecule is COc1ccc(N2CCCN(C(=O)c3cccc(OCC(C)C)c3)CC2)cc1. The molecule has 1 amide bonds. The number of methoxy groups -OCH3 is 1. The Hall–Kier alpha value is -2.69. The van der Waals surface area contributed by atoms with Gasteiger partial charge in [0.05, 0.1) is 13.7 Å². The second-order valence-corrected chi connectivity index (χ2v) is 7.56. The number of ether oxygens (including phenoxy) is 2. The first-order chi connectivity index (χ1) is 13.6. The molecule has 5 heteroatoms. The second kappa shape index (κ2) is 9.49. The standard InChI is InChI=1S/C23H30N2O3/c1-18(2)17-28-22-7-4-6-19(16-22)23(26)25-13-5-12-24(14-15-25)20-8-10-21(27-3)11-9-20/h4,6-11,16,18H,5,12-15,17H2,1-3H3. The van der Waals surface area contributed by atoms with Crippen LogP contribution in [0.2, 0.25) is 0 Å². The molecule has 0 radical (unpaired) electrons. The number of nitrogens with zero attached hydrogens (tertiary/aromatic N) is 2. The van der Waals surface area contributed by atoms with Crippen molar-refractivity contribution >= 4 is 11.6 Å². The molecule has 0 unspecified atom stereocenters. The lowest BCUT2D eigenvalue weighted by Crippen LogP contribution is -2.35. The maximum Gasteiger partial charge on any atom is 0.254 e. The van der Waals surface area contributed by atoms with E-state index in [0.717, 1.165) is 37.6 Å². The van der Waals surface area contributed by atoms with Crippen LogP contribution in [0, 0.1) is 5.92 Å². The lowest BCUT2D eigenvalue weighted by atomic mass is 10.2. The monoisotopic (exact) mass is 382 g/mol. The smallest absolute Gasteiger partial charge is 0.254 e. The van der Waals surface area contributed by atoms with Crippen molar-refractivity contribution in [3.8, 4) is 11.5 Å². The van der Waals surface area contributed by atoms with E-state index in [0.29, 0.717) is 24.6 Å². The van der Waals surface area contributed by atoms with Gasteiger partial charge in [-0.25, -0.2) is 0 Å². The van der Waals surface area contributed by atoms with Gasteiger partial charge in [-0.05, 0) is 54.8 Å². The molecular formula is C23H30N2O3. The fraction of sp³-hybridized carbons (Fsp3) is 0.435. The molecule has 0 spiro atoms. The zero-order chi connectivity index (χ0) is 19.9. The third-order valence-corrected chi connectivity index (χ3v) is 4.89. The first-order valence-electron chi connectivity index (χ1n) is 9.98. The third-order valence-electron chi connectivity index (χ3n) is 4.89. The minimum absolute atomic E-state index is 0.0755. The molecule has 1 aliphatic heterocycles. The summed E-state index contributed by atoms with van der Waals surface area (Å²) in [5.74, 6) is 2.14. The van der Waals surface area contributed by atoms with Crippen molar-refractivity contribution in [3.05, 3.63) is 54.1 Å². The fourth-order valence-corrected chi connectivity index (χ4v) is 3.34. The Kier molecular flexibility index (Phi) is 6.80. The molecule has 1 saturated heterocycles. The predicted octanol–water partition coefficient (Wildman–Crippen LogP) is 4.08. The van der Waals surface area contributed by atoms with Crippen molar-refractivity contribution < 1.29 is 14.3 Å². The van der Waals surface area contributed by atoms with Crippen molar-refractivity contribution in [2.45, 2.75) is 20.3 Å². The van der Waals surface area contributed by atoms with E-state index >= 15 is 0 Å². The number of anilines is 1. The molecule has 0 atom stereocenters. The van der Waals surface area contributed by atoms with Crippen LogP contribution in [-0.4, -0.2) is 50.7 Å². The summed E-state index contributed by atoms with van der Waals surface area (Å²) in [6.45, 7) is 8.11.